The molecule has 0 spiro atoms. The van der Waals surface area contributed by atoms with E-state index in [2.05, 4.69) is 5.32 Å². The van der Waals surface area contributed by atoms with E-state index in [1.165, 1.54) is 19.3 Å². The van der Waals surface area contributed by atoms with Gasteiger partial charge in [-0.3, -0.25) is 14.9 Å². The van der Waals surface area contributed by atoms with Gasteiger partial charge in [0, 0.05) is 21.8 Å². The molecule has 1 aliphatic rings. The van der Waals surface area contributed by atoms with E-state index in [0.29, 0.717) is 33.5 Å². The summed E-state index contributed by atoms with van der Waals surface area (Å²) in [6.45, 7) is 0. The highest BCUT2D eigenvalue weighted by molar-refractivity contribution is 14.1. The number of allylic oxidation sites excluding steroid dienone is 2. The lowest BCUT2D eigenvalue weighted by molar-refractivity contribution is -0.384. The van der Waals surface area contributed by atoms with Crippen LogP contribution in [0.1, 0.15) is 19.3 Å². The van der Waals surface area contributed by atoms with Gasteiger partial charge >= 0.3 is 0 Å². The molecule has 0 amide bonds. The molecule has 20 heavy (non-hydrogen) atoms. The fourth-order valence-electron chi connectivity index (χ4n) is 2.00. The number of carbonyl (C=O) groups excluding carboxylic acids is 1. The van der Waals surface area contributed by atoms with Crippen molar-refractivity contribution in [2.75, 3.05) is 12.4 Å². The first-order chi connectivity index (χ1) is 9.51. The number of anilines is 1. The summed E-state index contributed by atoms with van der Waals surface area (Å²) >= 11 is 2.01. The van der Waals surface area contributed by atoms with Crippen LogP contribution < -0.4 is 10.1 Å². The second-order valence-electron chi connectivity index (χ2n) is 4.37. The zero-order valence-electron chi connectivity index (χ0n) is 10.8. The van der Waals surface area contributed by atoms with E-state index in [0.717, 1.165) is 6.42 Å². The van der Waals surface area contributed by atoms with E-state index in [4.69, 9.17) is 4.74 Å². The predicted molar refractivity (Wildman–Crippen MR) is 82.9 cm³/mol. The second-order valence-corrected chi connectivity index (χ2v) is 5.54. The Hall–Kier alpha value is -1.64. The number of nitrogens with zero attached hydrogens (tertiary/aromatic N) is 1. The molecule has 106 valence electrons. The van der Waals surface area contributed by atoms with Crippen molar-refractivity contribution in [3.63, 3.8) is 0 Å². The van der Waals surface area contributed by atoms with Crippen LogP contribution in [0, 0.1) is 13.7 Å². The number of nitro groups is 1. The first kappa shape index (κ1) is 14.8. The van der Waals surface area contributed by atoms with Gasteiger partial charge in [0.2, 0.25) is 0 Å². The first-order valence-electron chi connectivity index (χ1n) is 6.03. The summed E-state index contributed by atoms with van der Waals surface area (Å²) in [5.74, 6) is 0.477. The number of hydrogen-bond donors (Lipinski definition) is 1. The fraction of sp³-hybridized carbons (Fsp3) is 0.308. The molecule has 0 radical (unpaired) electrons. The van der Waals surface area contributed by atoms with E-state index in [1.54, 1.807) is 6.07 Å². The topological polar surface area (TPSA) is 81.5 Å². The molecule has 7 heteroatoms. The van der Waals surface area contributed by atoms with E-state index in [1.807, 2.05) is 22.6 Å². The summed E-state index contributed by atoms with van der Waals surface area (Å²) < 4.78 is 5.72. The molecule has 2 rings (SSSR count). The van der Waals surface area contributed by atoms with Crippen molar-refractivity contribution in [3.8, 4) is 5.75 Å². The van der Waals surface area contributed by atoms with Crippen LogP contribution >= 0.6 is 22.6 Å². The minimum absolute atomic E-state index is 0.0462. The predicted octanol–water partition coefficient (Wildman–Crippen LogP) is 3.26. The molecule has 0 aliphatic heterocycles. The highest BCUT2D eigenvalue weighted by Gasteiger charge is 2.21. The highest BCUT2D eigenvalue weighted by Crippen LogP contribution is 2.35. The maximum atomic E-state index is 11.4. The molecule has 1 aromatic carbocycles. The van der Waals surface area contributed by atoms with E-state index >= 15 is 0 Å². The van der Waals surface area contributed by atoms with Crippen LogP contribution in [-0.4, -0.2) is 17.8 Å². The zero-order valence-corrected chi connectivity index (χ0v) is 13.0. The zero-order chi connectivity index (χ0) is 14.7. The van der Waals surface area contributed by atoms with Crippen LogP contribution in [0.15, 0.2) is 23.9 Å². The molecule has 6 nitrogen and oxygen atoms in total. The van der Waals surface area contributed by atoms with Crippen molar-refractivity contribution in [1.82, 2.24) is 0 Å². The number of hydrogen-bond acceptors (Lipinski definition) is 5. The number of benzene rings is 1. The maximum absolute atomic E-state index is 11.4. The molecule has 0 fully saturated rings. The van der Waals surface area contributed by atoms with Crippen molar-refractivity contribution < 1.29 is 14.5 Å². The monoisotopic (exact) mass is 388 g/mol. The van der Waals surface area contributed by atoms with Gasteiger partial charge in [-0.05, 0) is 41.5 Å². The molecule has 0 aromatic heterocycles. The molecule has 1 N–H and O–H groups in total. The molecular weight excluding hydrogens is 375 g/mol. The number of carbonyl (C=O) groups is 1. The van der Waals surface area contributed by atoms with Crippen LogP contribution in [0.25, 0.3) is 0 Å². The van der Waals surface area contributed by atoms with Gasteiger partial charge in [0.25, 0.3) is 5.69 Å². The SMILES string of the molecule is COc1cc(I)c(NC2=CC(=O)CCC2)c([N+](=O)[O-])c1. The summed E-state index contributed by atoms with van der Waals surface area (Å²) in [6, 6.07) is 3.08. The van der Waals surface area contributed by atoms with Crippen LogP contribution in [0.5, 0.6) is 5.75 Å². The van der Waals surface area contributed by atoms with Crippen molar-refractivity contribution in [2.45, 2.75) is 19.3 Å². The van der Waals surface area contributed by atoms with Gasteiger partial charge in [0.1, 0.15) is 11.4 Å². The van der Waals surface area contributed by atoms with Gasteiger partial charge in [0.15, 0.2) is 5.78 Å². The van der Waals surface area contributed by atoms with Gasteiger partial charge in [-0.1, -0.05) is 0 Å². The van der Waals surface area contributed by atoms with E-state index in [-0.39, 0.29) is 11.5 Å². The minimum atomic E-state index is -0.460. The Bertz CT molecular complexity index is 598. The molecular formula is C13H13IN2O4. The third-order valence-corrected chi connectivity index (χ3v) is 3.82. The van der Waals surface area contributed by atoms with E-state index in [9.17, 15) is 14.9 Å². The summed E-state index contributed by atoms with van der Waals surface area (Å²) in [5.41, 5.74) is 1.05. The van der Waals surface area contributed by atoms with Crippen LogP contribution in [-0.2, 0) is 4.79 Å². The van der Waals surface area contributed by atoms with E-state index < -0.39 is 4.92 Å². The van der Waals surface area contributed by atoms with Crippen molar-refractivity contribution in [3.05, 3.63) is 37.6 Å². The third-order valence-electron chi connectivity index (χ3n) is 2.97. The number of nitrogens with one attached hydrogen (secondary N) is 1. The van der Waals surface area contributed by atoms with Crippen LogP contribution in [0.2, 0.25) is 0 Å². The highest BCUT2D eigenvalue weighted by atomic mass is 127. The molecule has 0 saturated heterocycles. The lowest BCUT2D eigenvalue weighted by Gasteiger charge is -2.16. The molecule has 0 saturated carbocycles. The van der Waals surface area contributed by atoms with Gasteiger partial charge in [-0.2, -0.15) is 0 Å². The Morgan fingerprint density at radius 3 is 2.75 bits per heavy atom. The molecule has 0 atom stereocenters. The van der Waals surface area contributed by atoms with Crippen molar-refractivity contribution in [1.29, 1.82) is 0 Å². The largest absolute Gasteiger partial charge is 0.496 e. The quantitative estimate of drug-likeness (QED) is 0.487. The summed E-state index contributed by atoms with van der Waals surface area (Å²) in [4.78, 5) is 22.1. The minimum Gasteiger partial charge on any atom is -0.496 e. The number of nitro benzene ring substituents is 1. The number of ether oxygens (including phenoxy) is 1. The average molecular weight is 388 g/mol. The van der Waals surface area contributed by atoms with Gasteiger partial charge in [-0.15, -0.1) is 0 Å². The first-order valence-corrected chi connectivity index (χ1v) is 7.11. The van der Waals surface area contributed by atoms with Crippen molar-refractivity contribution >= 4 is 39.7 Å². The Kier molecular flexibility index (Phi) is 4.58. The summed E-state index contributed by atoms with van der Waals surface area (Å²) in [6.07, 6.45) is 3.53. The van der Waals surface area contributed by atoms with Crippen molar-refractivity contribution in [2.24, 2.45) is 0 Å². The number of rotatable bonds is 4. The number of methoxy groups -OCH3 is 1. The third kappa shape index (κ3) is 3.27. The Balaban J connectivity index is 2.40. The Labute approximate surface area is 129 Å². The van der Waals surface area contributed by atoms with Gasteiger partial charge < -0.3 is 10.1 Å². The average Bonchev–Trinajstić information content (AvgIpc) is 2.40. The normalized spacial score (nSPS) is 14.7. The van der Waals surface area contributed by atoms with Gasteiger partial charge in [0.05, 0.1) is 18.1 Å². The summed E-state index contributed by atoms with van der Waals surface area (Å²) in [5, 5.41) is 14.2. The fourth-order valence-corrected chi connectivity index (χ4v) is 2.72. The molecule has 0 bridgehead atoms. The molecule has 0 unspecified atom stereocenters. The molecule has 1 aromatic rings. The smallest absolute Gasteiger partial charge is 0.297 e. The van der Waals surface area contributed by atoms with Gasteiger partial charge in [-0.25, -0.2) is 0 Å². The second kappa shape index (κ2) is 6.21. The molecule has 1 aliphatic carbocycles. The Morgan fingerprint density at radius 2 is 2.15 bits per heavy atom. The summed E-state index contributed by atoms with van der Waals surface area (Å²) in [7, 11) is 1.46. The van der Waals surface area contributed by atoms with Crippen LogP contribution in [0.3, 0.4) is 0 Å². The maximum Gasteiger partial charge on any atom is 0.297 e. The lowest BCUT2D eigenvalue weighted by Crippen LogP contribution is -2.11. The Morgan fingerprint density at radius 1 is 1.40 bits per heavy atom. The number of halogens is 1. The lowest BCUT2D eigenvalue weighted by atomic mass is 10.0. The van der Waals surface area contributed by atoms with Crippen LogP contribution in [0.4, 0.5) is 11.4 Å². The molecule has 0 heterocycles. The standard InChI is InChI=1S/C13H13IN2O4/c1-20-10-6-11(14)13(12(7-10)16(18)19)15-8-3-2-4-9(17)5-8/h5-7,15H,2-4H2,1H3. The number of ketones is 1.